The molecule has 4 rings (SSSR count). The van der Waals surface area contributed by atoms with Crippen LogP contribution in [0.3, 0.4) is 0 Å². The van der Waals surface area contributed by atoms with Gasteiger partial charge in [-0.25, -0.2) is 18.2 Å². The van der Waals surface area contributed by atoms with Gasteiger partial charge in [0.15, 0.2) is 11.6 Å². The van der Waals surface area contributed by atoms with Gasteiger partial charge in [-0.3, -0.25) is 0 Å². The quantitative estimate of drug-likeness (QED) is 0.421. The van der Waals surface area contributed by atoms with Crippen LogP contribution in [0, 0.1) is 17.5 Å². The number of nitrogens with zero attached hydrogens (tertiary/aromatic N) is 2. The van der Waals surface area contributed by atoms with Crippen molar-refractivity contribution in [2.24, 2.45) is 0 Å². The third-order valence-electron chi connectivity index (χ3n) is 4.76. The van der Waals surface area contributed by atoms with Crippen LogP contribution in [0.1, 0.15) is 24.1 Å². The van der Waals surface area contributed by atoms with Crippen molar-refractivity contribution in [1.82, 2.24) is 9.97 Å². The fourth-order valence-corrected chi connectivity index (χ4v) is 3.14. The zero-order chi connectivity index (χ0) is 21.1. The molecule has 152 valence electrons. The highest BCUT2D eigenvalue weighted by Gasteiger charge is 2.12. The summed E-state index contributed by atoms with van der Waals surface area (Å²) < 4.78 is 39.8. The molecular weight excluding hydrogens is 389 g/mol. The zero-order valence-corrected chi connectivity index (χ0v) is 16.2. The minimum atomic E-state index is -0.891. The van der Waals surface area contributed by atoms with E-state index in [0.717, 1.165) is 28.6 Å². The fraction of sp³-hybridized carbons (Fsp3) is 0.130. The van der Waals surface area contributed by atoms with E-state index >= 15 is 0 Å². The molecular formula is C23H19F3N4. The molecule has 0 aliphatic carbocycles. The molecule has 1 aromatic heterocycles. The number of hydrogen-bond donors (Lipinski definition) is 2. The minimum absolute atomic E-state index is 0.147. The highest BCUT2D eigenvalue weighted by atomic mass is 19.2. The molecule has 1 atom stereocenters. The molecule has 0 amide bonds. The first-order chi connectivity index (χ1) is 14.5. The van der Waals surface area contributed by atoms with Gasteiger partial charge >= 0.3 is 0 Å². The second kappa shape index (κ2) is 8.41. The number of nitrogens with one attached hydrogen (secondary N) is 2. The summed E-state index contributed by atoms with van der Waals surface area (Å²) in [6.07, 6.45) is 0. The van der Waals surface area contributed by atoms with Gasteiger partial charge in [0.2, 0.25) is 5.95 Å². The topological polar surface area (TPSA) is 49.8 Å². The molecule has 0 aliphatic rings. The fourth-order valence-electron chi connectivity index (χ4n) is 3.14. The molecule has 4 nitrogen and oxygen atoms in total. The molecule has 2 N–H and O–H groups in total. The molecule has 0 saturated carbocycles. The average Bonchev–Trinajstić information content (AvgIpc) is 2.74. The monoisotopic (exact) mass is 408 g/mol. The first kappa shape index (κ1) is 19.7. The summed E-state index contributed by atoms with van der Waals surface area (Å²) in [5.74, 6) is -1.10. The highest BCUT2D eigenvalue weighted by molar-refractivity contribution is 5.90. The molecule has 0 bridgehead atoms. The smallest absolute Gasteiger partial charge is 0.225 e. The van der Waals surface area contributed by atoms with E-state index in [1.54, 1.807) is 12.1 Å². The van der Waals surface area contributed by atoms with E-state index in [9.17, 15) is 13.2 Å². The van der Waals surface area contributed by atoms with E-state index in [-0.39, 0.29) is 18.4 Å². The summed E-state index contributed by atoms with van der Waals surface area (Å²) in [7, 11) is 0. The van der Waals surface area contributed by atoms with Crippen LogP contribution in [-0.4, -0.2) is 9.97 Å². The number of fused-ring (bicyclic) bond motifs is 1. The van der Waals surface area contributed by atoms with Crippen molar-refractivity contribution in [3.8, 4) is 0 Å². The lowest BCUT2D eigenvalue weighted by atomic mass is 10.1. The lowest BCUT2D eigenvalue weighted by Crippen LogP contribution is -2.11. The Morgan fingerprint density at radius 2 is 1.63 bits per heavy atom. The van der Waals surface area contributed by atoms with Crippen LogP contribution in [0.2, 0.25) is 0 Å². The first-order valence-corrected chi connectivity index (χ1v) is 9.46. The van der Waals surface area contributed by atoms with Gasteiger partial charge in [0, 0.05) is 11.9 Å². The largest absolute Gasteiger partial charge is 0.365 e. The summed E-state index contributed by atoms with van der Waals surface area (Å²) in [5.41, 5.74) is 2.21. The van der Waals surface area contributed by atoms with E-state index in [1.807, 2.05) is 31.2 Å². The normalized spacial score (nSPS) is 12.0. The van der Waals surface area contributed by atoms with E-state index in [1.165, 1.54) is 18.2 Å². The van der Waals surface area contributed by atoms with Gasteiger partial charge in [0.05, 0.1) is 11.6 Å². The van der Waals surface area contributed by atoms with E-state index in [4.69, 9.17) is 0 Å². The Kier molecular flexibility index (Phi) is 5.52. The van der Waals surface area contributed by atoms with Gasteiger partial charge in [0.25, 0.3) is 0 Å². The minimum Gasteiger partial charge on any atom is -0.365 e. The Bertz CT molecular complexity index is 1180. The molecule has 3 aromatic carbocycles. The lowest BCUT2D eigenvalue weighted by Gasteiger charge is -2.16. The Hall–Kier alpha value is -3.61. The van der Waals surface area contributed by atoms with Gasteiger partial charge in [0.1, 0.15) is 11.6 Å². The summed E-state index contributed by atoms with van der Waals surface area (Å²) >= 11 is 0. The van der Waals surface area contributed by atoms with Crippen LogP contribution >= 0.6 is 0 Å². The van der Waals surface area contributed by atoms with Crippen molar-refractivity contribution in [2.75, 3.05) is 10.6 Å². The third kappa shape index (κ3) is 4.35. The summed E-state index contributed by atoms with van der Waals surface area (Å²) in [5, 5.41) is 7.22. The summed E-state index contributed by atoms with van der Waals surface area (Å²) in [6.45, 7) is 2.20. The van der Waals surface area contributed by atoms with Crippen LogP contribution in [0.5, 0.6) is 0 Å². The summed E-state index contributed by atoms with van der Waals surface area (Å²) in [4.78, 5) is 9.12. The molecule has 0 fully saturated rings. The molecule has 0 saturated heterocycles. The van der Waals surface area contributed by atoms with Crippen molar-refractivity contribution >= 4 is 22.7 Å². The van der Waals surface area contributed by atoms with Crippen LogP contribution < -0.4 is 10.6 Å². The van der Waals surface area contributed by atoms with E-state index < -0.39 is 11.6 Å². The van der Waals surface area contributed by atoms with Gasteiger partial charge in [-0.05, 0) is 54.4 Å². The second-order valence-electron chi connectivity index (χ2n) is 6.93. The number of hydrogen-bond acceptors (Lipinski definition) is 4. The van der Waals surface area contributed by atoms with Crippen molar-refractivity contribution in [2.45, 2.75) is 19.5 Å². The van der Waals surface area contributed by atoms with E-state index in [0.29, 0.717) is 17.3 Å². The maximum absolute atomic E-state index is 13.5. The van der Waals surface area contributed by atoms with Crippen LogP contribution in [0.15, 0.2) is 66.7 Å². The Morgan fingerprint density at radius 1 is 0.867 bits per heavy atom. The van der Waals surface area contributed by atoms with Gasteiger partial charge in [-0.1, -0.05) is 30.3 Å². The molecule has 1 heterocycles. The lowest BCUT2D eigenvalue weighted by molar-refractivity contribution is 0.507. The molecule has 0 radical (unpaired) electrons. The zero-order valence-electron chi connectivity index (χ0n) is 16.2. The maximum atomic E-state index is 13.5. The van der Waals surface area contributed by atoms with Gasteiger partial charge in [-0.2, -0.15) is 4.98 Å². The third-order valence-corrected chi connectivity index (χ3v) is 4.76. The van der Waals surface area contributed by atoms with Gasteiger partial charge < -0.3 is 10.6 Å². The standard InChI is InChI=1S/C23H19F3N4/c1-14(16-7-9-17(24)10-8-16)28-23-29-21-5-3-2-4-18(21)22(30-23)27-13-15-6-11-19(25)20(26)12-15/h2-12,14H,13H2,1H3,(H2,27,28,29,30). The number of aromatic nitrogens is 2. The molecule has 1 unspecified atom stereocenters. The predicted molar refractivity (Wildman–Crippen MR) is 112 cm³/mol. The number of para-hydroxylation sites is 1. The van der Waals surface area contributed by atoms with Crippen LogP contribution in [0.4, 0.5) is 24.9 Å². The number of rotatable bonds is 6. The Morgan fingerprint density at radius 3 is 2.40 bits per heavy atom. The highest BCUT2D eigenvalue weighted by Crippen LogP contribution is 2.25. The first-order valence-electron chi connectivity index (χ1n) is 9.46. The molecule has 30 heavy (non-hydrogen) atoms. The van der Waals surface area contributed by atoms with Crippen molar-refractivity contribution in [3.63, 3.8) is 0 Å². The Balaban J connectivity index is 1.60. The van der Waals surface area contributed by atoms with Crippen molar-refractivity contribution < 1.29 is 13.2 Å². The molecule has 0 aliphatic heterocycles. The molecule has 0 spiro atoms. The van der Waals surface area contributed by atoms with Crippen LogP contribution in [0.25, 0.3) is 10.9 Å². The Labute approximate surface area is 171 Å². The van der Waals surface area contributed by atoms with Crippen molar-refractivity contribution in [1.29, 1.82) is 0 Å². The predicted octanol–water partition coefficient (Wildman–Crippen LogP) is 5.83. The van der Waals surface area contributed by atoms with Gasteiger partial charge in [-0.15, -0.1) is 0 Å². The van der Waals surface area contributed by atoms with Crippen LogP contribution in [-0.2, 0) is 6.54 Å². The number of benzene rings is 3. The number of anilines is 2. The number of halogens is 3. The summed E-state index contributed by atoms with van der Waals surface area (Å²) in [6, 6.07) is 17.4. The molecule has 4 aromatic rings. The average molecular weight is 408 g/mol. The van der Waals surface area contributed by atoms with Crippen molar-refractivity contribution in [3.05, 3.63) is 95.3 Å². The van der Waals surface area contributed by atoms with E-state index in [2.05, 4.69) is 20.6 Å². The second-order valence-corrected chi connectivity index (χ2v) is 6.93. The molecule has 7 heteroatoms. The SMILES string of the molecule is CC(Nc1nc(NCc2ccc(F)c(F)c2)c2ccccc2n1)c1ccc(F)cc1. The maximum Gasteiger partial charge on any atom is 0.225 e.